The summed E-state index contributed by atoms with van der Waals surface area (Å²) >= 11 is 0. The number of hydrogen-bond donors (Lipinski definition) is 0. The molecule has 0 nitrogen and oxygen atoms in total. The molecule has 0 saturated carbocycles. The minimum atomic E-state index is 0.888. The summed E-state index contributed by atoms with van der Waals surface area (Å²) in [6.45, 7) is 19.9. The van der Waals surface area contributed by atoms with Gasteiger partial charge in [0.1, 0.15) is 0 Å². The van der Waals surface area contributed by atoms with Crippen LogP contribution < -0.4 is 0 Å². The fraction of sp³-hybridized carbons (Fsp3) is 0.333. The van der Waals surface area contributed by atoms with Gasteiger partial charge in [-0.05, 0) is 42.6 Å². The molecule has 1 aliphatic carbocycles. The van der Waals surface area contributed by atoms with E-state index in [0.29, 0.717) is 0 Å². The second-order valence-electron chi connectivity index (χ2n) is 3.88. The van der Waals surface area contributed by atoms with Crippen LogP contribution in [-0.4, -0.2) is 0 Å². The van der Waals surface area contributed by atoms with E-state index in [1.807, 2.05) is 53.7 Å². The van der Waals surface area contributed by atoms with Crippen molar-refractivity contribution in [3.8, 4) is 0 Å². The lowest BCUT2D eigenvalue weighted by molar-refractivity contribution is 1.19. The van der Waals surface area contributed by atoms with Crippen LogP contribution in [0.15, 0.2) is 84.1 Å². The summed E-state index contributed by atoms with van der Waals surface area (Å²) in [7, 11) is 0. The summed E-state index contributed by atoms with van der Waals surface area (Å²) in [5.74, 6) is 0. The zero-order chi connectivity index (χ0) is 16.7. The van der Waals surface area contributed by atoms with E-state index in [9.17, 15) is 0 Å². The number of rotatable bonds is 4. The summed E-state index contributed by atoms with van der Waals surface area (Å²) in [4.78, 5) is 0. The van der Waals surface area contributed by atoms with Gasteiger partial charge < -0.3 is 0 Å². The van der Waals surface area contributed by atoms with E-state index in [0.717, 1.165) is 6.42 Å². The fourth-order valence-electron chi connectivity index (χ4n) is 1.87. The molecule has 0 fully saturated rings. The third-order valence-corrected chi connectivity index (χ3v) is 2.75. The van der Waals surface area contributed by atoms with Crippen molar-refractivity contribution in [3.05, 3.63) is 84.1 Å². The lowest BCUT2D eigenvalue weighted by Crippen LogP contribution is -1.87. The van der Waals surface area contributed by atoms with Gasteiger partial charge in [-0.15, -0.1) is 0 Å². The average Bonchev–Trinajstić information content (AvgIpc) is 2.72. The molecule has 0 unspecified atom stereocenters. The molecule has 0 aromatic carbocycles. The molecule has 0 aromatic heterocycles. The summed E-state index contributed by atoms with van der Waals surface area (Å²) < 4.78 is 0. The SMILES string of the molecule is C=CC1=C(/C=C\C)C=CC(/C=C\C)=C(C=C)C1.CC.CC. The third-order valence-electron chi connectivity index (χ3n) is 2.75. The second-order valence-corrected chi connectivity index (χ2v) is 3.88. The van der Waals surface area contributed by atoms with Gasteiger partial charge in [0.2, 0.25) is 0 Å². The van der Waals surface area contributed by atoms with Gasteiger partial charge in [-0.2, -0.15) is 0 Å². The summed E-state index contributed by atoms with van der Waals surface area (Å²) in [6.07, 6.45) is 17.4. The molecule has 0 saturated heterocycles. The van der Waals surface area contributed by atoms with Gasteiger partial charge in [0, 0.05) is 0 Å². The van der Waals surface area contributed by atoms with E-state index < -0.39 is 0 Å². The molecular weight excluding hydrogens is 252 g/mol. The summed E-state index contributed by atoms with van der Waals surface area (Å²) in [5.41, 5.74) is 4.94. The van der Waals surface area contributed by atoms with E-state index >= 15 is 0 Å². The van der Waals surface area contributed by atoms with Crippen LogP contribution >= 0.6 is 0 Å². The molecule has 1 aliphatic rings. The quantitative estimate of drug-likeness (QED) is 0.515. The summed E-state index contributed by atoms with van der Waals surface area (Å²) in [6, 6.07) is 0. The second kappa shape index (κ2) is 14.6. The Bertz CT molecular complexity index is 406. The smallest absolute Gasteiger partial charge is 0.00143 e. The minimum absolute atomic E-state index is 0.888. The van der Waals surface area contributed by atoms with E-state index in [2.05, 4.69) is 49.6 Å². The summed E-state index contributed by atoms with van der Waals surface area (Å²) in [5, 5.41) is 0. The van der Waals surface area contributed by atoms with E-state index in [-0.39, 0.29) is 0 Å². The standard InChI is InChI=1S/C17H20.2C2H6/c1-5-9-16-11-12-17(10-6-2)15(8-4)13-14(16)7-3;2*1-2/h5-12H,3-4,13H2,1-2H3;2*1-2H3/b9-5-,10-6-;;. The molecule has 116 valence electrons. The van der Waals surface area contributed by atoms with Gasteiger partial charge in [0.05, 0.1) is 0 Å². The molecule has 21 heavy (non-hydrogen) atoms. The molecule has 0 aliphatic heterocycles. The maximum atomic E-state index is 3.90. The molecular formula is C21H32. The molecule has 0 aromatic rings. The maximum absolute atomic E-state index is 3.90. The first-order chi connectivity index (χ1) is 10.3. The van der Waals surface area contributed by atoms with Crippen molar-refractivity contribution in [2.24, 2.45) is 0 Å². The lowest BCUT2D eigenvalue weighted by atomic mass is 9.99. The van der Waals surface area contributed by atoms with Crippen molar-refractivity contribution in [3.63, 3.8) is 0 Å². The number of hydrogen-bond acceptors (Lipinski definition) is 0. The highest BCUT2D eigenvalue weighted by molar-refractivity contribution is 5.53. The topological polar surface area (TPSA) is 0 Å². The van der Waals surface area contributed by atoms with Crippen LogP contribution in [0.4, 0.5) is 0 Å². The molecule has 0 spiro atoms. The first kappa shape index (κ1) is 21.5. The molecule has 0 radical (unpaired) electrons. The van der Waals surface area contributed by atoms with E-state index in [1.54, 1.807) is 0 Å². The predicted octanol–water partition coefficient (Wildman–Crippen LogP) is 7.12. The van der Waals surface area contributed by atoms with E-state index in [1.165, 1.54) is 22.3 Å². The van der Waals surface area contributed by atoms with Crippen LogP contribution in [0.2, 0.25) is 0 Å². The van der Waals surface area contributed by atoms with Crippen molar-refractivity contribution < 1.29 is 0 Å². The zero-order valence-corrected chi connectivity index (χ0v) is 14.7. The van der Waals surface area contributed by atoms with Gasteiger partial charge in [0.25, 0.3) is 0 Å². The van der Waals surface area contributed by atoms with Gasteiger partial charge in [-0.25, -0.2) is 0 Å². The van der Waals surface area contributed by atoms with Crippen LogP contribution in [0.1, 0.15) is 48.0 Å². The highest BCUT2D eigenvalue weighted by Crippen LogP contribution is 2.26. The number of allylic oxidation sites excluding steroid dienone is 12. The first-order valence-electron chi connectivity index (χ1n) is 7.91. The molecule has 0 bridgehead atoms. The van der Waals surface area contributed by atoms with Crippen molar-refractivity contribution in [1.82, 2.24) is 0 Å². The Hall–Kier alpha value is -1.82. The van der Waals surface area contributed by atoms with Crippen molar-refractivity contribution in [2.75, 3.05) is 0 Å². The van der Waals surface area contributed by atoms with Crippen LogP contribution in [0, 0.1) is 0 Å². The molecule has 0 atom stereocenters. The zero-order valence-electron chi connectivity index (χ0n) is 14.7. The highest BCUT2D eigenvalue weighted by atomic mass is 14.1. The third kappa shape index (κ3) is 7.51. The molecule has 0 amide bonds. The molecule has 0 heterocycles. The average molecular weight is 284 g/mol. The van der Waals surface area contributed by atoms with Crippen molar-refractivity contribution in [2.45, 2.75) is 48.0 Å². The van der Waals surface area contributed by atoms with Crippen LogP contribution in [0.5, 0.6) is 0 Å². The molecule has 0 N–H and O–H groups in total. The highest BCUT2D eigenvalue weighted by Gasteiger charge is 2.07. The fourth-order valence-corrected chi connectivity index (χ4v) is 1.87. The van der Waals surface area contributed by atoms with Crippen molar-refractivity contribution >= 4 is 0 Å². The minimum Gasteiger partial charge on any atom is -0.0988 e. The lowest BCUT2D eigenvalue weighted by Gasteiger charge is -2.06. The Kier molecular flexibility index (Phi) is 14.9. The van der Waals surface area contributed by atoms with Crippen molar-refractivity contribution in [1.29, 1.82) is 0 Å². The van der Waals surface area contributed by atoms with Crippen LogP contribution in [-0.2, 0) is 0 Å². The van der Waals surface area contributed by atoms with Crippen LogP contribution in [0.3, 0.4) is 0 Å². The van der Waals surface area contributed by atoms with Gasteiger partial charge >= 0.3 is 0 Å². The maximum Gasteiger partial charge on any atom is -0.00143 e. The largest absolute Gasteiger partial charge is 0.0988 e. The Labute approximate surface area is 132 Å². The van der Waals surface area contributed by atoms with Gasteiger partial charge in [0.15, 0.2) is 0 Å². The Morgan fingerprint density at radius 2 is 1.10 bits per heavy atom. The van der Waals surface area contributed by atoms with Gasteiger partial charge in [-0.3, -0.25) is 0 Å². The predicted molar refractivity (Wildman–Crippen MR) is 101 cm³/mol. The first-order valence-corrected chi connectivity index (χ1v) is 7.91. The normalized spacial score (nSPS) is 14.4. The Morgan fingerprint density at radius 3 is 1.33 bits per heavy atom. The Morgan fingerprint density at radius 1 is 0.762 bits per heavy atom. The Balaban J connectivity index is 0. The van der Waals surface area contributed by atoms with E-state index in [4.69, 9.17) is 0 Å². The van der Waals surface area contributed by atoms with Crippen LogP contribution in [0.25, 0.3) is 0 Å². The molecule has 0 heteroatoms. The van der Waals surface area contributed by atoms with Gasteiger partial charge in [-0.1, -0.05) is 89.5 Å². The molecule has 1 rings (SSSR count). The monoisotopic (exact) mass is 284 g/mol.